The molecule has 2 aromatic rings. The molecule has 0 unspecified atom stereocenters. The lowest BCUT2D eigenvalue weighted by Crippen LogP contribution is -2.30. The summed E-state index contributed by atoms with van der Waals surface area (Å²) >= 11 is 0. The maximum atomic E-state index is 12.7. The van der Waals surface area contributed by atoms with E-state index in [9.17, 15) is 4.79 Å². The lowest BCUT2D eigenvalue weighted by Gasteiger charge is -2.22. The molecule has 0 saturated carbocycles. The van der Waals surface area contributed by atoms with Gasteiger partial charge in [-0.25, -0.2) is 9.97 Å². The number of carbonyl (C=O) groups is 1. The van der Waals surface area contributed by atoms with Gasteiger partial charge in [0.1, 0.15) is 18.1 Å². The molecule has 0 bridgehead atoms. The fourth-order valence-corrected chi connectivity index (χ4v) is 3.29. The van der Waals surface area contributed by atoms with Crippen molar-refractivity contribution in [1.82, 2.24) is 19.4 Å². The lowest BCUT2D eigenvalue weighted by molar-refractivity contribution is -0.132. The second-order valence-electron chi connectivity index (χ2n) is 7.84. The zero-order chi connectivity index (χ0) is 18.0. The molecule has 0 radical (unpaired) electrons. The highest BCUT2D eigenvalue weighted by molar-refractivity contribution is 5.76. The van der Waals surface area contributed by atoms with E-state index in [0.717, 1.165) is 43.9 Å². The van der Waals surface area contributed by atoms with Gasteiger partial charge >= 0.3 is 0 Å². The number of hydrogen-bond acceptors (Lipinski definition) is 4. The van der Waals surface area contributed by atoms with Crippen LogP contribution in [0.1, 0.15) is 69.9 Å². The molecular weight excluding hydrogens is 316 g/mol. The first kappa shape index (κ1) is 17.7. The predicted molar refractivity (Wildman–Crippen MR) is 95.1 cm³/mol. The number of likely N-dealkylation sites (tertiary alicyclic amines) is 1. The van der Waals surface area contributed by atoms with Crippen LogP contribution in [0.5, 0.6) is 0 Å². The average molecular weight is 344 g/mol. The number of aryl methyl sites for hydroxylation is 2. The molecule has 1 saturated heterocycles. The Labute approximate surface area is 149 Å². The van der Waals surface area contributed by atoms with E-state index in [2.05, 4.69) is 35.3 Å². The Kier molecular flexibility index (Phi) is 4.97. The fraction of sp³-hybridized carbons (Fsp3) is 0.632. The van der Waals surface area contributed by atoms with E-state index < -0.39 is 0 Å². The average Bonchev–Trinajstić information content (AvgIpc) is 3.26. The Morgan fingerprint density at radius 1 is 1.40 bits per heavy atom. The van der Waals surface area contributed by atoms with Crippen LogP contribution in [0.25, 0.3) is 0 Å². The Morgan fingerprint density at radius 2 is 2.20 bits per heavy atom. The molecule has 3 rings (SSSR count). The monoisotopic (exact) mass is 344 g/mol. The number of hydrogen-bond donors (Lipinski definition) is 0. The van der Waals surface area contributed by atoms with E-state index in [1.165, 1.54) is 0 Å². The maximum Gasteiger partial charge on any atom is 0.223 e. The summed E-state index contributed by atoms with van der Waals surface area (Å²) in [6, 6.07) is -0.0152. The molecule has 25 heavy (non-hydrogen) atoms. The van der Waals surface area contributed by atoms with Crippen molar-refractivity contribution in [1.29, 1.82) is 0 Å². The number of rotatable bonds is 5. The zero-order valence-electron chi connectivity index (χ0n) is 15.7. The molecule has 1 aliphatic heterocycles. The highest BCUT2D eigenvalue weighted by atomic mass is 16.3. The van der Waals surface area contributed by atoms with E-state index in [1.54, 1.807) is 12.5 Å². The topological polar surface area (TPSA) is 64.2 Å². The molecule has 2 aromatic heterocycles. The first-order valence-corrected chi connectivity index (χ1v) is 9.09. The van der Waals surface area contributed by atoms with Gasteiger partial charge in [0.15, 0.2) is 0 Å². The van der Waals surface area contributed by atoms with Gasteiger partial charge in [-0.15, -0.1) is 0 Å². The van der Waals surface area contributed by atoms with Crippen LogP contribution in [-0.4, -0.2) is 31.9 Å². The smallest absolute Gasteiger partial charge is 0.223 e. The van der Waals surface area contributed by atoms with Crippen molar-refractivity contribution < 1.29 is 9.21 Å². The zero-order valence-corrected chi connectivity index (χ0v) is 15.7. The van der Waals surface area contributed by atoms with Crippen LogP contribution in [0.4, 0.5) is 0 Å². The molecule has 0 spiro atoms. The normalized spacial score (nSPS) is 18.1. The summed E-state index contributed by atoms with van der Waals surface area (Å²) in [5.41, 5.74) is 0.898. The number of oxazole rings is 1. The van der Waals surface area contributed by atoms with E-state index in [0.29, 0.717) is 12.3 Å². The summed E-state index contributed by atoms with van der Waals surface area (Å²) in [4.78, 5) is 23.5. The summed E-state index contributed by atoms with van der Waals surface area (Å²) in [6.45, 7) is 9.94. The Morgan fingerprint density at radius 3 is 2.84 bits per heavy atom. The van der Waals surface area contributed by atoms with Crippen molar-refractivity contribution in [3.63, 3.8) is 0 Å². The molecular formula is C19H28N4O2. The number of carbonyl (C=O) groups excluding carboxylic acids is 1. The highest BCUT2D eigenvalue weighted by Gasteiger charge is 2.33. The minimum Gasteiger partial charge on any atom is -0.446 e. The molecule has 6 nitrogen and oxygen atoms in total. The minimum atomic E-state index is -0.0438. The second kappa shape index (κ2) is 7.02. The molecule has 0 aliphatic carbocycles. The van der Waals surface area contributed by atoms with Crippen molar-refractivity contribution in [3.8, 4) is 0 Å². The molecule has 0 N–H and O–H groups in total. The first-order valence-electron chi connectivity index (χ1n) is 9.09. The van der Waals surface area contributed by atoms with E-state index in [1.807, 2.05) is 18.0 Å². The van der Waals surface area contributed by atoms with Crippen molar-refractivity contribution >= 4 is 5.91 Å². The van der Waals surface area contributed by atoms with Gasteiger partial charge in [-0.1, -0.05) is 20.8 Å². The Hall–Kier alpha value is -2.11. The molecule has 1 aliphatic rings. The molecule has 6 heteroatoms. The predicted octanol–water partition coefficient (Wildman–Crippen LogP) is 3.62. The third-order valence-electron chi connectivity index (χ3n) is 4.86. The van der Waals surface area contributed by atoms with Gasteiger partial charge in [0.2, 0.25) is 11.8 Å². The Bertz CT molecular complexity index is 726. The summed E-state index contributed by atoms with van der Waals surface area (Å²) in [5, 5.41) is 0. The summed E-state index contributed by atoms with van der Waals surface area (Å²) < 4.78 is 7.80. The van der Waals surface area contributed by atoms with Crippen LogP contribution in [0.3, 0.4) is 0 Å². The molecule has 1 amide bonds. The van der Waals surface area contributed by atoms with Crippen LogP contribution in [0.2, 0.25) is 0 Å². The van der Waals surface area contributed by atoms with Crippen molar-refractivity contribution in [3.05, 3.63) is 36.1 Å². The Balaban J connectivity index is 1.60. The molecule has 1 atom stereocenters. The SMILES string of the molecule is Cc1nccn1CCCC(=O)N1CCC[C@@H]1c1nc(C(C)(C)C)co1. The van der Waals surface area contributed by atoms with E-state index >= 15 is 0 Å². The van der Waals surface area contributed by atoms with Gasteiger partial charge in [0.05, 0.1) is 5.69 Å². The largest absolute Gasteiger partial charge is 0.446 e. The van der Waals surface area contributed by atoms with E-state index in [4.69, 9.17) is 4.42 Å². The molecule has 136 valence electrons. The molecule has 1 fully saturated rings. The van der Waals surface area contributed by atoms with Crippen LogP contribution >= 0.6 is 0 Å². The highest BCUT2D eigenvalue weighted by Crippen LogP contribution is 2.33. The summed E-state index contributed by atoms with van der Waals surface area (Å²) in [5.74, 6) is 1.86. The van der Waals surface area contributed by atoms with Crippen molar-refractivity contribution in [2.75, 3.05) is 6.54 Å². The van der Waals surface area contributed by atoms with Gasteiger partial charge in [-0.2, -0.15) is 0 Å². The first-order chi connectivity index (χ1) is 11.9. The van der Waals surface area contributed by atoms with Crippen LogP contribution in [0, 0.1) is 6.92 Å². The number of nitrogens with zero attached hydrogens (tertiary/aromatic N) is 4. The lowest BCUT2D eigenvalue weighted by atomic mass is 9.93. The maximum absolute atomic E-state index is 12.7. The number of aromatic nitrogens is 3. The van der Waals surface area contributed by atoms with E-state index in [-0.39, 0.29) is 17.4 Å². The van der Waals surface area contributed by atoms with Gasteiger partial charge in [-0.05, 0) is 26.2 Å². The second-order valence-corrected chi connectivity index (χ2v) is 7.84. The third-order valence-corrected chi connectivity index (χ3v) is 4.86. The van der Waals surface area contributed by atoms with Crippen molar-refractivity contribution in [2.24, 2.45) is 0 Å². The van der Waals surface area contributed by atoms with Crippen LogP contribution in [0.15, 0.2) is 23.1 Å². The molecule has 0 aromatic carbocycles. The minimum absolute atomic E-state index is 0.0152. The standard InChI is InChI=1S/C19H28N4O2/c1-14-20-9-12-22(14)10-6-8-17(24)23-11-5-7-15(23)18-21-16(13-25-18)19(2,3)4/h9,12-13,15H,5-8,10-11H2,1-4H3/t15-/m1/s1. The number of amides is 1. The third kappa shape index (κ3) is 3.94. The van der Waals surface area contributed by atoms with Crippen molar-refractivity contribution in [2.45, 2.75) is 71.4 Å². The quantitative estimate of drug-likeness (QED) is 0.831. The van der Waals surface area contributed by atoms with Crippen LogP contribution < -0.4 is 0 Å². The van der Waals surface area contributed by atoms with Gasteiger partial charge in [0.25, 0.3) is 0 Å². The summed E-state index contributed by atoms with van der Waals surface area (Å²) in [7, 11) is 0. The van der Waals surface area contributed by atoms with Gasteiger partial charge in [-0.3, -0.25) is 4.79 Å². The molecule has 3 heterocycles. The number of imidazole rings is 1. The van der Waals surface area contributed by atoms with Gasteiger partial charge in [0, 0.05) is 37.3 Å². The summed E-state index contributed by atoms with van der Waals surface area (Å²) in [6.07, 6.45) is 8.78. The van der Waals surface area contributed by atoms with Gasteiger partial charge < -0.3 is 13.9 Å². The van der Waals surface area contributed by atoms with Crippen LogP contribution in [-0.2, 0) is 16.8 Å². The fourth-order valence-electron chi connectivity index (χ4n) is 3.29.